The van der Waals surface area contributed by atoms with E-state index in [1.807, 2.05) is 0 Å². The average molecular weight is 710 g/mol. The first-order valence-corrected chi connectivity index (χ1v) is 21.4. The number of rotatable bonds is 18. The fourth-order valence-corrected chi connectivity index (χ4v) is 9.10. The minimum absolute atomic E-state index is 0.481. The Kier molecular flexibility index (Phi) is 15.0. The molecule has 0 spiro atoms. The van der Waals surface area contributed by atoms with Crippen LogP contribution in [0.2, 0.25) is 0 Å². The smallest absolute Gasteiger partial charge is 0.324 e. The molecule has 3 atom stereocenters. The molecule has 0 heterocycles. The van der Waals surface area contributed by atoms with Crippen molar-refractivity contribution in [3.05, 3.63) is 0 Å². The van der Waals surface area contributed by atoms with Crippen LogP contribution in [0.5, 0.6) is 0 Å². The molecule has 3 unspecified atom stereocenters. The first-order valence-electron chi connectivity index (χ1n) is 10.6. The lowest BCUT2D eigenvalue weighted by atomic mass is 10.3. The van der Waals surface area contributed by atoms with E-state index >= 15 is 0 Å². The summed E-state index contributed by atoms with van der Waals surface area (Å²) in [6, 6.07) is 0. The standard InChI is InChI=1S/C12H36N4O18P6/c1-10(13(4-35(17,18)19)5-36(20,21)22)16(11(2)14(6-37(23,24)25)7-38(26,27)28)12(3)15(8-39(29,30)31)9-40(32,33)34/h10-12H,4-9H2,1-3H3,(H2,17,18,19)(H2,20,21,22)(H2,23,24,25)(H2,26,27,28)(H2,29,30,31)(H2,32,33,34). The fraction of sp³-hybridized carbons (Fsp3) is 1.00. The minimum atomic E-state index is -5.11. The highest BCUT2D eigenvalue weighted by molar-refractivity contribution is 7.53. The maximum Gasteiger partial charge on any atom is 0.339 e. The highest BCUT2D eigenvalue weighted by atomic mass is 31.2. The largest absolute Gasteiger partial charge is 0.339 e. The maximum absolute atomic E-state index is 11.8. The zero-order valence-electron chi connectivity index (χ0n) is 21.3. The van der Waals surface area contributed by atoms with Crippen LogP contribution in [0.25, 0.3) is 0 Å². The van der Waals surface area contributed by atoms with E-state index in [4.69, 9.17) is 0 Å². The molecule has 0 saturated heterocycles. The molecule has 28 heteroatoms. The Balaban J connectivity index is 7.20. The average Bonchev–Trinajstić information content (AvgIpc) is 2.59. The predicted octanol–water partition coefficient (Wildman–Crippen LogP) is -1.96. The Morgan fingerprint density at radius 3 is 0.600 bits per heavy atom. The summed E-state index contributed by atoms with van der Waals surface area (Å²) in [7, 11) is -30.7. The normalized spacial score (nSPS) is 17.2. The molecule has 0 aromatic carbocycles. The Labute approximate surface area is 228 Å². The van der Waals surface area contributed by atoms with Crippen molar-refractivity contribution in [2.24, 2.45) is 0 Å². The molecule has 0 saturated carbocycles. The summed E-state index contributed by atoms with van der Waals surface area (Å²) in [5.74, 6) is 0. The molecule has 0 aromatic rings. The Morgan fingerprint density at radius 1 is 0.375 bits per heavy atom. The van der Waals surface area contributed by atoms with Crippen molar-refractivity contribution in [2.75, 3.05) is 37.7 Å². The van der Waals surface area contributed by atoms with Gasteiger partial charge in [0.05, 0.1) is 18.5 Å². The first kappa shape index (κ1) is 40.7. The monoisotopic (exact) mass is 710 g/mol. The van der Waals surface area contributed by atoms with Gasteiger partial charge in [0, 0.05) is 0 Å². The highest BCUT2D eigenvalue weighted by Gasteiger charge is 2.42. The van der Waals surface area contributed by atoms with Crippen LogP contribution in [0.1, 0.15) is 20.8 Å². The van der Waals surface area contributed by atoms with Crippen LogP contribution in [0, 0.1) is 0 Å². The van der Waals surface area contributed by atoms with E-state index < -0.39 is 102 Å². The third kappa shape index (κ3) is 18.4. The van der Waals surface area contributed by atoms with Gasteiger partial charge in [0.1, 0.15) is 37.7 Å². The van der Waals surface area contributed by atoms with Gasteiger partial charge >= 0.3 is 45.6 Å². The summed E-state index contributed by atoms with van der Waals surface area (Å²) in [5, 5.41) is 0. The van der Waals surface area contributed by atoms with Crippen LogP contribution in [-0.4, -0.2) is 135 Å². The van der Waals surface area contributed by atoms with Crippen molar-refractivity contribution in [3.8, 4) is 0 Å². The van der Waals surface area contributed by atoms with Crippen LogP contribution in [0.15, 0.2) is 0 Å². The second-order valence-electron chi connectivity index (χ2n) is 8.95. The van der Waals surface area contributed by atoms with E-state index in [1.165, 1.54) is 0 Å². The molecule has 40 heavy (non-hydrogen) atoms. The van der Waals surface area contributed by atoms with Crippen molar-refractivity contribution >= 4 is 45.6 Å². The molecule has 0 radical (unpaired) electrons. The van der Waals surface area contributed by atoms with Gasteiger partial charge in [-0.2, -0.15) is 0 Å². The van der Waals surface area contributed by atoms with Crippen LogP contribution in [0.3, 0.4) is 0 Å². The SMILES string of the molecule is CC(N(CP(=O)(O)O)CP(=O)(O)O)N(C(C)N(CP(=O)(O)O)CP(=O)(O)O)C(C)N(CP(=O)(O)O)CP(=O)(O)O. The molecule has 242 valence electrons. The van der Waals surface area contributed by atoms with Crippen molar-refractivity contribution in [1.29, 1.82) is 0 Å². The minimum Gasteiger partial charge on any atom is -0.324 e. The van der Waals surface area contributed by atoms with E-state index in [2.05, 4.69) is 0 Å². The zero-order valence-corrected chi connectivity index (χ0v) is 26.6. The van der Waals surface area contributed by atoms with Gasteiger partial charge in [0.15, 0.2) is 0 Å². The Bertz CT molecular complexity index is 910. The molecule has 0 aliphatic heterocycles. The quantitative estimate of drug-likeness (QED) is 0.0543. The summed E-state index contributed by atoms with van der Waals surface area (Å²) in [6.07, 6.45) is -13.2. The summed E-state index contributed by atoms with van der Waals surface area (Å²) in [5.41, 5.74) is 0. The van der Waals surface area contributed by atoms with Gasteiger partial charge in [-0.05, 0) is 20.8 Å². The Morgan fingerprint density at radius 2 is 0.500 bits per heavy atom. The highest BCUT2D eigenvalue weighted by Crippen LogP contribution is 2.46. The number of nitrogens with zero attached hydrogens (tertiary/aromatic N) is 4. The topological polar surface area (TPSA) is 358 Å². The lowest BCUT2D eigenvalue weighted by Gasteiger charge is -2.49. The second kappa shape index (κ2) is 14.7. The van der Waals surface area contributed by atoms with Crippen molar-refractivity contribution in [3.63, 3.8) is 0 Å². The van der Waals surface area contributed by atoms with Crippen molar-refractivity contribution in [1.82, 2.24) is 19.6 Å². The van der Waals surface area contributed by atoms with E-state index in [0.717, 1.165) is 25.7 Å². The van der Waals surface area contributed by atoms with Gasteiger partial charge in [-0.1, -0.05) is 0 Å². The van der Waals surface area contributed by atoms with Crippen LogP contribution in [-0.2, 0) is 27.4 Å². The third-order valence-electron chi connectivity index (χ3n) is 5.08. The number of hydrogen-bond acceptors (Lipinski definition) is 10. The molecule has 0 rings (SSSR count). The predicted molar refractivity (Wildman–Crippen MR) is 137 cm³/mol. The molecule has 0 bridgehead atoms. The van der Waals surface area contributed by atoms with Crippen molar-refractivity contribution in [2.45, 2.75) is 39.3 Å². The molecule has 0 aliphatic rings. The van der Waals surface area contributed by atoms with Crippen LogP contribution in [0.4, 0.5) is 0 Å². The summed E-state index contributed by atoms with van der Waals surface area (Å²) in [6.45, 7) is 3.08. The molecule has 0 amide bonds. The van der Waals surface area contributed by atoms with Gasteiger partial charge in [-0.3, -0.25) is 47.0 Å². The van der Waals surface area contributed by atoms with E-state index in [0.29, 0.717) is 14.7 Å². The van der Waals surface area contributed by atoms with Crippen LogP contribution >= 0.6 is 45.6 Å². The van der Waals surface area contributed by atoms with Crippen LogP contribution < -0.4 is 0 Å². The first-order chi connectivity index (χ1) is 17.3. The molecule has 12 N–H and O–H groups in total. The second-order valence-corrected chi connectivity index (χ2v) is 18.6. The molecule has 0 aliphatic carbocycles. The van der Waals surface area contributed by atoms with Gasteiger partial charge in [-0.15, -0.1) is 0 Å². The number of hydrogen-bond donors (Lipinski definition) is 12. The van der Waals surface area contributed by atoms with Gasteiger partial charge in [0.25, 0.3) is 0 Å². The van der Waals surface area contributed by atoms with Gasteiger partial charge < -0.3 is 58.7 Å². The zero-order chi connectivity index (χ0) is 32.3. The molecule has 0 aromatic heterocycles. The summed E-state index contributed by atoms with van der Waals surface area (Å²) >= 11 is 0. The fourth-order valence-electron chi connectivity index (χ4n) is 3.77. The van der Waals surface area contributed by atoms with Gasteiger partial charge in [-0.25, -0.2) is 0 Å². The van der Waals surface area contributed by atoms with E-state index in [1.54, 1.807) is 0 Å². The lowest BCUT2D eigenvalue weighted by molar-refractivity contribution is -0.0823. The van der Waals surface area contributed by atoms with E-state index in [-0.39, 0.29) is 0 Å². The molecular weight excluding hydrogens is 674 g/mol. The Hall–Kier alpha value is 0.740. The molecular formula is C12H36N4O18P6. The van der Waals surface area contributed by atoms with Crippen molar-refractivity contribution < 1.29 is 86.1 Å². The summed E-state index contributed by atoms with van der Waals surface area (Å²) in [4.78, 5) is 116. The maximum atomic E-state index is 11.8. The molecule has 22 nitrogen and oxygen atoms in total. The summed E-state index contributed by atoms with van der Waals surface area (Å²) < 4.78 is 70.6. The van der Waals surface area contributed by atoms with Gasteiger partial charge in [0.2, 0.25) is 0 Å². The third-order valence-corrected chi connectivity index (χ3v) is 9.47. The lowest BCUT2D eigenvalue weighted by Crippen LogP contribution is -2.63. The molecule has 0 fully saturated rings. The van der Waals surface area contributed by atoms with E-state index in [9.17, 15) is 86.1 Å².